The summed E-state index contributed by atoms with van der Waals surface area (Å²) < 4.78 is 0. The number of hydrogen-bond donors (Lipinski definition) is 1. The molecule has 1 aliphatic heterocycles. The minimum absolute atomic E-state index is 0.175. The lowest BCUT2D eigenvalue weighted by molar-refractivity contribution is 0.0972. The Morgan fingerprint density at radius 3 is 2.85 bits per heavy atom. The van der Waals surface area contributed by atoms with Crippen LogP contribution < -0.4 is 10.2 Å². The lowest BCUT2D eigenvalue weighted by atomic mass is 9.95. The van der Waals surface area contributed by atoms with Gasteiger partial charge in [0, 0.05) is 26.6 Å². The molecule has 1 saturated heterocycles. The number of nitrogens with one attached hydrogen (secondary N) is 1. The average Bonchev–Trinajstić information content (AvgIpc) is 2.46. The van der Waals surface area contributed by atoms with Gasteiger partial charge in [0.25, 0.3) is 0 Å². The van der Waals surface area contributed by atoms with Crippen LogP contribution in [0.1, 0.15) is 48.7 Å². The van der Waals surface area contributed by atoms with Crippen LogP contribution in [0.25, 0.3) is 0 Å². The molecule has 2 aliphatic rings. The standard InChI is InChI=1S/C15H22N4O/c1-10-5-4-8-19(9-10)15-17-11-6-3-7-12(20)13(11)14(16-2)18-15/h10H,3-9H2,1-2H3,(H,16,17,18)/t10-/m1/s1. The van der Waals surface area contributed by atoms with E-state index in [9.17, 15) is 4.79 Å². The Morgan fingerprint density at radius 1 is 1.25 bits per heavy atom. The topological polar surface area (TPSA) is 58.1 Å². The van der Waals surface area contributed by atoms with Crippen molar-refractivity contribution in [3.63, 3.8) is 0 Å². The van der Waals surface area contributed by atoms with E-state index in [1.807, 2.05) is 7.05 Å². The average molecular weight is 274 g/mol. The monoisotopic (exact) mass is 274 g/mol. The number of carbonyl (C=O) groups excluding carboxylic acids is 1. The van der Waals surface area contributed by atoms with Crippen LogP contribution in [0.15, 0.2) is 0 Å². The first-order valence-corrected chi connectivity index (χ1v) is 7.56. The number of anilines is 2. The van der Waals surface area contributed by atoms with E-state index in [4.69, 9.17) is 0 Å². The highest BCUT2D eigenvalue weighted by atomic mass is 16.1. The van der Waals surface area contributed by atoms with Gasteiger partial charge in [-0.1, -0.05) is 6.92 Å². The number of hydrogen-bond acceptors (Lipinski definition) is 5. The summed E-state index contributed by atoms with van der Waals surface area (Å²) in [6.45, 7) is 4.29. The van der Waals surface area contributed by atoms with Crippen LogP contribution in [0.3, 0.4) is 0 Å². The second-order valence-electron chi connectivity index (χ2n) is 5.91. The van der Waals surface area contributed by atoms with Crippen molar-refractivity contribution < 1.29 is 4.79 Å². The minimum atomic E-state index is 0.175. The molecule has 0 bridgehead atoms. The summed E-state index contributed by atoms with van der Waals surface area (Å²) in [5, 5.41) is 3.08. The first-order valence-electron chi connectivity index (χ1n) is 7.56. The van der Waals surface area contributed by atoms with Crippen molar-refractivity contribution in [1.29, 1.82) is 0 Å². The number of aryl methyl sites for hydroxylation is 1. The fraction of sp³-hybridized carbons (Fsp3) is 0.667. The summed E-state index contributed by atoms with van der Waals surface area (Å²) in [6, 6.07) is 0. The summed E-state index contributed by atoms with van der Waals surface area (Å²) in [4.78, 5) is 23.6. The van der Waals surface area contributed by atoms with Gasteiger partial charge in [0.15, 0.2) is 5.78 Å². The molecule has 0 saturated carbocycles. The zero-order valence-electron chi connectivity index (χ0n) is 12.3. The van der Waals surface area contributed by atoms with Crippen molar-refractivity contribution >= 4 is 17.5 Å². The number of carbonyl (C=O) groups is 1. The fourth-order valence-electron chi connectivity index (χ4n) is 3.20. The Bertz CT molecular complexity index is 512. The summed E-state index contributed by atoms with van der Waals surface area (Å²) in [7, 11) is 1.83. The molecule has 0 radical (unpaired) electrons. The maximum absolute atomic E-state index is 12.1. The number of aromatic nitrogens is 2. The molecule has 1 fully saturated rings. The first kappa shape index (κ1) is 13.3. The molecule has 5 nitrogen and oxygen atoms in total. The van der Waals surface area contributed by atoms with Crippen LogP contribution in [-0.4, -0.2) is 35.9 Å². The van der Waals surface area contributed by atoms with E-state index in [1.54, 1.807) is 0 Å². The third kappa shape index (κ3) is 2.37. The van der Waals surface area contributed by atoms with Gasteiger partial charge < -0.3 is 10.2 Å². The molecule has 108 valence electrons. The molecular weight excluding hydrogens is 252 g/mol. The molecular formula is C15H22N4O. The van der Waals surface area contributed by atoms with Crippen LogP contribution in [-0.2, 0) is 6.42 Å². The molecule has 1 atom stereocenters. The third-order valence-corrected chi connectivity index (χ3v) is 4.25. The number of fused-ring (bicyclic) bond motifs is 1. The molecule has 0 spiro atoms. The van der Waals surface area contributed by atoms with Gasteiger partial charge in [-0.15, -0.1) is 0 Å². The smallest absolute Gasteiger partial charge is 0.227 e. The Kier molecular flexibility index (Phi) is 3.59. The Labute approximate surface area is 119 Å². The Morgan fingerprint density at radius 2 is 2.10 bits per heavy atom. The molecule has 0 aromatic carbocycles. The highest BCUT2D eigenvalue weighted by molar-refractivity contribution is 6.02. The third-order valence-electron chi connectivity index (χ3n) is 4.25. The van der Waals surface area contributed by atoms with E-state index < -0.39 is 0 Å². The second kappa shape index (κ2) is 5.38. The van der Waals surface area contributed by atoms with Gasteiger partial charge in [-0.25, -0.2) is 4.98 Å². The van der Waals surface area contributed by atoms with E-state index in [0.717, 1.165) is 37.6 Å². The lowest BCUT2D eigenvalue weighted by Crippen LogP contribution is -2.36. The molecule has 1 aromatic heterocycles. The van der Waals surface area contributed by atoms with Crippen LogP contribution in [0, 0.1) is 5.92 Å². The van der Waals surface area contributed by atoms with Crippen molar-refractivity contribution in [3.8, 4) is 0 Å². The van der Waals surface area contributed by atoms with E-state index in [2.05, 4.69) is 27.1 Å². The molecule has 5 heteroatoms. The minimum Gasteiger partial charge on any atom is -0.372 e. The van der Waals surface area contributed by atoms with Gasteiger partial charge in [-0.2, -0.15) is 4.98 Å². The predicted molar refractivity (Wildman–Crippen MR) is 79.5 cm³/mol. The maximum atomic E-state index is 12.1. The highest BCUT2D eigenvalue weighted by Crippen LogP contribution is 2.29. The van der Waals surface area contributed by atoms with Gasteiger partial charge >= 0.3 is 0 Å². The van der Waals surface area contributed by atoms with Crippen LogP contribution in [0.5, 0.6) is 0 Å². The normalized spacial score (nSPS) is 22.6. The predicted octanol–water partition coefficient (Wildman–Crippen LogP) is 2.27. The highest BCUT2D eigenvalue weighted by Gasteiger charge is 2.26. The Balaban J connectivity index is 1.98. The van der Waals surface area contributed by atoms with E-state index >= 15 is 0 Å². The molecule has 2 heterocycles. The molecule has 1 aliphatic carbocycles. The first-order chi connectivity index (χ1) is 9.69. The molecule has 0 amide bonds. The number of nitrogens with zero attached hydrogens (tertiary/aromatic N) is 3. The number of rotatable bonds is 2. The molecule has 20 heavy (non-hydrogen) atoms. The van der Waals surface area contributed by atoms with E-state index in [1.165, 1.54) is 12.8 Å². The van der Waals surface area contributed by atoms with Crippen molar-refractivity contribution in [2.45, 2.75) is 39.0 Å². The van der Waals surface area contributed by atoms with E-state index in [0.29, 0.717) is 23.7 Å². The summed E-state index contributed by atoms with van der Waals surface area (Å²) >= 11 is 0. The SMILES string of the molecule is CNc1nc(N2CCC[C@@H](C)C2)nc2c1C(=O)CCC2. The van der Waals surface area contributed by atoms with E-state index in [-0.39, 0.29) is 5.78 Å². The zero-order chi connectivity index (χ0) is 14.1. The molecule has 0 unspecified atom stereocenters. The van der Waals surface area contributed by atoms with Crippen molar-refractivity contribution in [3.05, 3.63) is 11.3 Å². The van der Waals surface area contributed by atoms with Crippen LogP contribution in [0.4, 0.5) is 11.8 Å². The second-order valence-corrected chi connectivity index (χ2v) is 5.91. The van der Waals surface area contributed by atoms with Gasteiger partial charge in [0.1, 0.15) is 5.82 Å². The summed E-state index contributed by atoms with van der Waals surface area (Å²) in [5.41, 5.74) is 1.64. The Hall–Kier alpha value is -1.65. The lowest BCUT2D eigenvalue weighted by Gasteiger charge is -2.32. The molecule has 3 rings (SSSR count). The van der Waals surface area contributed by atoms with Crippen molar-refractivity contribution in [2.24, 2.45) is 5.92 Å². The fourth-order valence-corrected chi connectivity index (χ4v) is 3.20. The van der Waals surface area contributed by atoms with Crippen LogP contribution >= 0.6 is 0 Å². The van der Waals surface area contributed by atoms with Gasteiger partial charge in [0.05, 0.1) is 11.3 Å². The largest absolute Gasteiger partial charge is 0.372 e. The quantitative estimate of drug-likeness (QED) is 0.896. The van der Waals surface area contributed by atoms with Gasteiger partial charge in [-0.3, -0.25) is 4.79 Å². The molecule has 1 aromatic rings. The molecule has 1 N–H and O–H groups in total. The number of Topliss-reactive ketones (excluding diaryl/α,β-unsaturated/α-hetero) is 1. The number of ketones is 1. The van der Waals surface area contributed by atoms with Gasteiger partial charge in [-0.05, 0) is 31.6 Å². The number of piperidine rings is 1. The summed E-state index contributed by atoms with van der Waals surface area (Å²) in [5.74, 6) is 2.35. The van der Waals surface area contributed by atoms with Crippen molar-refractivity contribution in [2.75, 3.05) is 30.4 Å². The maximum Gasteiger partial charge on any atom is 0.227 e. The summed E-state index contributed by atoms with van der Waals surface area (Å²) in [6.07, 6.45) is 4.87. The van der Waals surface area contributed by atoms with Crippen molar-refractivity contribution in [1.82, 2.24) is 9.97 Å². The van der Waals surface area contributed by atoms with Gasteiger partial charge in [0.2, 0.25) is 5.95 Å². The zero-order valence-corrected chi connectivity index (χ0v) is 12.3. The van der Waals surface area contributed by atoms with Crippen LogP contribution in [0.2, 0.25) is 0 Å².